The first-order valence-corrected chi connectivity index (χ1v) is 10.6. The highest BCUT2D eigenvalue weighted by molar-refractivity contribution is 7.99. The van der Waals surface area contributed by atoms with E-state index in [0.717, 1.165) is 6.42 Å². The lowest BCUT2D eigenvalue weighted by atomic mass is 10.2. The summed E-state index contributed by atoms with van der Waals surface area (Å²) >= 11 is 1.19. The van der Waals surface area contributed by atoms with Crippen LogP contribution in [0.1, 0.15) is 19.8 Å². The number of benzene rings is 2. The van der Waals surface area contributed by atoms with Gasteiger partial charge in [-0.1, -0.05) is 30.8 Å². The molecule has 0 N–H and O–H groups in total. The number of carbonyl (C=O) groups excluding carboxylic acids is 1. The van der Waals surface area contributed by atoms with Gasteiger partial charge in [0.05, 0.1) is 29.1 Å². The molecule has 8 heteroatoms. The maximum Gasteiger partial charge on any atom is 0.262 e. The number of rotatable bonds is 8. The van der Waals surface area contributed by atoms with Gasteiger partial charge in [0.25, 0.3) is 5.56 Å². The Labute approximate surface area is 178 Å². The van der Waals surface area contributed by atoms with Crippen LogP contribution in [-0.4, -0.2) is 27.8 Å². The minimum Gasteiger partial charge on any atom is -0.311 e. The lowest BCUT2D eigenvalue weighted by Crippen LogP contribution is -2.33. The van der Waals surface area contributed by atoms with E-state index in [1.165, 1.54) is 40.9 Å². The van der Waals surface area contributed by atoms with E-state index in [2.05, 4.69) is 4.98 Å². The summed E-state index contributed by atoms with van der Waals surface area (Å²) < 4.78 is 14.8. The van der Waals surface area contributed by atoms with E-state index in [-0.39, 0.29) is 30.2 Å². The summed E-state index contributed by atoms with van der Waals surface area (Å²) in [6.45, 7) is 2.68. The second-order valence-corrected chi connectivity index (χ2v) is 7.53. The zero-order valence-corrected chi connectivity index (χ0v) is 17.4. The van der Waals surface area contributed by atoms with Crippen LogP contribution in [0.25, 0.3) is 10.9 Å². The minimum absolute atomic E-state index is 0.0390. The van der Waals surface area contributed by atoms with Gasteiger partial charge in [-0.15, -0.1) is 0 Å². The van der Waals surface area contributed by atoms with E-state index in [1.807, 2.05) is 19.1 Å². The van der Waals surface area contributed by atoms with Crippen molar-refractivity contribution in [1.82, 2.24) is 9.55 Å². The smallest absolute Gasteiger partial charge is 0.262 e. The largest absolute Gasteiger partial charge is 0.311 e. The van der Waals surface area contributed by atoms with Crippen molar-refractivity contribution in [1.29, 1.82) is 5.26 Å². The van der Waals surface area contributed by atoms with Crippen LogP contribution in [-0.2, 0) is 11.3 Å². The number of aromatic nitrogens is 2. The van der Waals surface area contributed by atoms with Crippen LogP contribution in [0, 0.1) is 17.1 Å². The predicted octanol–water partition coefficient (Wildman–Crippen LogP) is 3.98. The van der Waals surface area contributed by atoms with Crippen molar-refractivity contribution in [3.63, 3.8) is 0 Å². The second-order valence-electron chi connectivity index (χ2n) is 6.59. The van der Waals surface area contributed by atoms with Crippen LogP contribution in [0.5, 0.6) is 0 Å². The molecule has 0 aliphatic rings. The number of para-hydroxylation sites is 1. The van der Waals surface area contributed by atoms with E-state index in [1.54, 1.807) is 22.8 Å². The molecule has 3 rings (SSSR count). The normalized spacial score (nSPS) is 10.7. The van der Waals surface area contributed by atoms with Gasteiger partial charge in [0.1, 0.15) is 5.82 Å². The van der Waals surface area contributed by atoms with E-state index in [9.17, 15) is 14.0 Å². The molecule has 0 atom stereocenters. The van der Waals surface area contributed by atoms with Gasteiger partial charge in [-0.05, 0) is 42.8 Å². The molecule has 0 fully saturated rings. The lowest BCUT2D eigenvalue weighted by Gasteiger charge is -2.22. The van der Waals surface area contributed by atoms with Gasteiger partial charge in [-0.3, -0.25) is 14.2 Å². The summed E-state index contributed by atoms with van der Waals surface area (Å²) in [6.07, 6.45) is 0.911. The Hall–Kier alpha value is -3.18. The van der Waals surface area contributed by atoms with Crippen molar-refractivity contribution in [2.24, 2.45) is 0 Å². The third-order valence-corrected chi connectivity index (χ3v) is 5.45. The maximum atomic E-state index is 13.3. The summed E-state index contributed by atoms with van der Waals surface area (Å²) in [5.41, 5.74) is 0.983. The third-order valence-electron chi connectivity index (χ3n) is 4.49. The van der Waals surface area contributed by atoms with E-state index < -0.39 is 5.82 Å². The molecule has 0 saturated heterocycles. The van der Waals surface area contributed by atoms with Crippen LogP contribution < -0.4 is 10.5 Å². The Balaban J connectivity index is 1.86. The third kappa shape index (κ3) is 4.86. The number of hydrogen-bond donors (Lipinski definition) is 0. The topological polar surface area (TPSA) is 79.0 Å². The number of halogens is 1. The number of fused-ring (bicyclic) bond motifs is 1. The Morgan fingerprint density at radius 3 is 2.67 bits per heavy atom. The maximum absolute atomic E-state index is 13.3. The predicted molar refractivity (Wildman–Crippen MR) is 116 cm³/mol. The number of nitriles is 1. The number of nitrogens with zero attached hydrogens (tertiary/aromatic N) is 4. The molecule has 0 unspecified atom stereocenters. The van der Waals surface area contributed by atoms with Gasteiger partial charge in [0.15, 0.2) is 5.16 Å². The average molecular weight is 425 g/mol. The summed E-state index contributed by atoms with van der Waals surface area (Å²) in [6, 6.07) is 14.7. The monoisotopic (exact) mass is 424 g/mol. The number of hydrogen-bond acceptors (Lipinski definition) is 5. The van der Waals surface area contributed by atoms with Crippen LogP contribution >= 0.6 is 11.8 Å². The lowest BCUT2D eigenvalue weighted by molar-refractivity contribution is -0.116. The first-order valence-electron chi connectivity index (χ1n) is 9.60. The molecule has 0 aliphatic carbocycles. The summed E-state index contributed by atoms with van der Waals surface area (Å²) in [4.78, 5) is 31.8. The molecular formula is C22H21FN4O2S. The van der Waals surface area contributed by atoms with E-state index in [0.29, 0.717) is 28.3 Å². The molecule has 1 amide bonds. The molecular weight excluding hydrogens is 403 g/mol. The van der Waals surface area contributed by atoms with E-state index >= 15 is 0 Å². The average Bonchev–Trinajstić information content (AvgIpc) is 2.76. The Bertz CT molecular complexity index is 1140. The zero-order chi connectivity index (χ0) is 21.5. The first-order chi connectivity index (χ1) is 14.5. The molecule has 0 bridgehead atoms. The molecule has 154 valence electrons. The summed E-state index contributed by atoms with van der Waals surface area (Å²) in [7, 11) is 0. The fraction of sp³-hybridized carbons (Fsp3) is 0.273. The van der Waals surface area contributed by atoms with Gasteiger partial charge >= 0.3 is 0 Å². The van der Waals surface area contributed by atoms with Crippen LogP contribution in [0.2, 0.25) is 0 Å². The van der Waals surface area contributed by atoms with Gasteiger partial charge in [-0.25, -0.2) is 9.37 Å². The van der Waals surface area contributed by atoms with E-state index in [4.69, 9.17) is 5.26 Å². The van der Waals surface area contributed by atoms with Gasteiger partial charge in [-0.2, -0.15) is 5.26 Å². The molecule has 1 heterocycles. The van der Waals surface area contributed by atoms with Crippen molar-refractivity contribution in [2.45, 2.75) is 31.5 Å². The van der Waals surface area contributed by atoms with Gasteiger partial charge in [0, 0.05) is 18.8 Å². The second kappa shape index (κ2) is 10.0. The summed E-state index contributed by atoms with van der Waals surface area (Å²) in [5.74, 6) is -0.603. The van der Waals surface area contributed by atoms with Gasteiger partial charge in [0.2, 0.25) is 5.91 Å². The van der Waals surface area contributed by atoms with Crippen LogP contribution in [0.15, 0.2) is 58.5 Å². The number of amides is 1. The Morgan fingerprint density at radius 2 is 1.97 bits per heavy atom. The number of carbonyl (C=O) groups is 1. The molecule has 0 aliphatic heterocycles. The minimum atomic E-state index is -0.398. The molecule has 2 aromatic carbocycles. The molecule has 6 nitrogen and oxygen atoms in total. The Kier molecular flexibility index (Phi) is 7.20. The molecule has 3 aromatic rings. The molecule has 0 radical (unpaired) electrons. The van der Waals surface area contributed by atoms with Crippen molar-refractivity contribution in [3.8, 4) is 6.07 Å². The van der Waals surface area contributed by atoms with Crippen LogP contribution in [0.3, 0.4) is 0 Å². The van der Waals surface area contributed by atoms with Crippen molar-refractivity contribution in [2.75, 3.05) is 17.2 Å². The quantitative estimate of drug-likeness (QED) is 0.404. The van der Waals surface area contributed by atoms with Crippen LogP contribution in [0.4, 0.5) is 10.1 Å². The summed E-state index contributed by atoms with van der Waals surface area (Å²) in [5, 5.41) is 9.95. The Morgan fingerprint density at radius 1 is 1.23 bits per heavy atom. The van der Waals surface area contributed by atoms with Crippen molar-refractivity contribution < 1.29 is 9.18 Å². The SMILES string of the molecule is CCCn1c(SCC(=O)N(CCC#N)c2ccc(F)cc2)nc2ccccc2c1=O. The molecule has 1 aromatic heterocycles. The number of thioether (sulfide) groups is 1. The highest BCUT2D eigenvalue weighted by atomic mass is 32.2. The fourth-order valence-electron chi connectivity index (χ4n) is 3.06. The number of anilines is 1. The first kappa shape index (κ1) is 21.5. The fourth-order valence-corrected chi connectivity index (χ4v) is 3.96. The van der Waals surface area contributed by atoms with Crippen molar-refractivity contribution in [3.05, 3.63) is 64.7 Å². The highest BCUT2D eigenvalue weighted by Crippen LogP contribution is 2.21. The molecule has 0 spiro atoms. The van der Waals surface area contributed by atoms with Crippen molar-refractivity contribution >= 4 is 34.3 Å². The van der Waals surface area contributed by atoms with Gasteiger partial charge < -0.3 is 4.90 Å². The zero-order valence-electron chi connectivity index (χ0n) is 16.5. The molecule has 0 saturated carbocycles. The highest BCUT2D eigenvalue weighted by Gasteiger charge is 2.18. The molecule has 30 heavy (non-hydrogen) atoms. The standard InChI is InChI=1S/C22H21FN4O2S/c1-2-13-27-21(29)18-6-3-4-7-19(18)25-22(27)30-15-20(28)26(14-5-12-24)17-10-8-16(23)9-11-17/h3-4,6-11H,2,5,13-15H2,1H3.